The topological polar surface area (TPSA) is 29.5 Å². The van der Waals surface area contributed by atoms with Gasteiger partial charge in [0.05, 0.1) is 13.0 Å². The van der Waals surface area contributed by atoms with Crippen LogP contribution in [0, 0.1) is 0 Å². The van der Waals surface area contributed by atoms with E-state index in [1.807, 2.05) is 17.9 Å². The second-order valence-corrected chi connectivity index (χ2v) is 4.00. The van der Waals surface area contributed by atoms with E-state index in [9.17, 15) is 4.79 Å². The number of likely N-dealkylation sites (N-methyl/N-ethyl adjacent to an activating group) is 1. The third-order valence-corrected chi connectivity index (χ3v) is 3.14. The molecule has 1 aromatic rings. The molecule has 2 aliphatic heterocycles. The highest BCUT2D eigenvalue weighted by atomic mass is 16.5. The van der Waals surface area contributed by atoms with Gasteiger partial charge in [0.1, 0.15) is 5.75 Å². The van der Waals surface area contributed by atoms with Gasteiger partial charge in [-0.1, -0.05) is 0 Å². The lowest BCUT2D eigenvalue weighted by molar-refractivity contribution is -0.117. The number of ether oxygens (including phenoxy) is 1. The Bertz CT molecular complexity index is 439. The fourth-order valence-corrected chi connectivity index (χ4v) is 2.39. The number of carbonyl (C=O) groups excluding carboxylic acids is 1. The van der Waals surface area contributed by atoms with Crippen LogP contribution in [0.3, 0.4) is 0 Å². The molecule has 0 N–H and O–H groups in total. The van der Waals surface area contributed by atoms with Crippen LogP contribution in [0.15, 0.2) is 12.1 Å². The average Bonchev–Trinajstić information content (AvgIpc) is 2.76. The molecule has 1 aromatic carbocycles. The normalized spacial score (nSPS) is 17.7. The number of nitrogens with zero attached hydrogens (tertiary/aromatic N) is 1. The molecule has 0 saturated carbocycles. The standard InChI is InChI=1S/C12H13NO2/c1-2-13-10-5-8-3-4-15-11(8)6-9(10)7-12(13)14/h5-6H,2-4,7H2,1H3. The summed E-state index contributed by atoms with van der Waals surface area (Å²) in [4.78, 5) is 13.5. The summed E-state index contributed by atoms with van der Waals surface area (Å²) in [6.07, 6.45) is 1.49. The first kappa shape index (κ1) is 8.77. The largest absolute Gasteiger partial charge is 0.493 e. The predicted octanol–water partition coefficient (Wildman–Crippen LogP) is 1.53. The fourth-order valence-electron chi connectivity index (χ4n) is 2.39. The third kappa shape index (κ3) is 1.16. The van der Waals surface area contributed by atoms with Gasteiger partial charge in [-0.05, 0) is 30.2 Å². The number of fused-ring (bicyclic) bond motifs is 2. The lowest BCUT2D eigenvalue weighted by Crippen LogP contribution is -2.25. The van der Waals surface area contributed by atoms with Crippen LogP contribution in [0.25, 0.3) is 0 Å². The van der Waals surface area contributed by atoms with Gasteiger partial charge < -0.3 is 9.64 Å². The average molecular weight is 203 g/mol. The van der Waals surface area contributed by atoms with Crippen molar-refractivity contribution in [2.75, 3.05) is 18.1 Å². The summed E-state index contributed by atoms with van der Waals surface area (Å²) in [7, 11) is 0. The molecule has 1 amide bonds. The van der Waals surface area contributed by atoms with Crippen LogP contribution in [0.2, 0.25) is 0 Å². The van der Waals surface area contributed by atoms with E-state index < -0.39 is 0 Å². The number of hydrogen-bond acceptors (Lipinski definition) is 2. The van der Waals surface area contributed by atoms with Crippen molar-refractivity contribution in [3.8, 4) is 5.75 Å². The van der Waals surface area contributed by atoms with E-state index in [4.69, 9.17) is 4.74 Å². The number of hydrogen-bond donors (Lipinski definition) is 0. The van der Waals surface area contributed by atoms with E-state index in [1.54, 1.807) is 0 Å². The van der Waals surface area contributed by atoms with E-state index in [0.29, 0.717) is 6.42 Å². The van der Waals surface area contributed by atoms with Gasteiger partial charge in [0, 0.05) is 18.7 Å². The molecule has 3 nitrogen and oxygen atoms in total. The Balaban J connectivity index is 2.12. The summed E-state index contributed by atoms with van der Waals surface area (Å²) >= 11 is 0. The van der Waals surface area contributed by atoms with E-state index in [0.717, 1.165) is 36.6 Å². The van der Waals surface area contributed by atoms with Crippen molar-refractivity contribution >= 4 is 11.6 Å². The van der Waals surface area contributed by atoms with Crippen molar-refractivity contribution in [2.45, 2.75) is 19.8 Å². The van der Waals surface area contributed by atoms with Crippen LogP contribution >= 0.6 is 0 Å². The van der Waals surface area contributed by atoms with Gasteiger partial charge in [0.15, 0.2) is 0 Å². The molecule has 15 heavy (non-hydrogen) atoms. The Kier molecular flexibility index (Phi) is 1.75. The zero-order valence-electron chi connectivity index (χ0n) is 8.75. The van der Waals surface area contributed by atoms with E-state index in [1.165, 1.54) is 5.56 Å². The summed E-state index contributed by atoms with van der Waals surface area (Å²) < 4.78 is 5.50. The summed E-state index contributed by atoms with van der Waals surface area (Å²) in [5.74, 6) is 1.18. The fraction of sp³-hybridized carbons (Fsp3) is 0.417. The lowest BCUT2D eigenvalue weighted by atomic mass is 10.1. The summed E-state index contributed by atoms with van der Waals surface area (Å²) in [6, 6.07) is 4.15. The molecule has 78 valence electrons. The molecular weight excluding hydrogens is 190 g/mol. The Labute approximate surface area is 88.6 Å². The van der Waals surface area contributed by atoms with Gasteiger partial charge in [-0.15, -0.1) is 0 Å². The molecule has 2 heterocycles. The molecule has 0 unspecified atom stereocenters. The molecule has 0 aliphatic carbocycles. The Hall–Kier alpha value is -1.51. The first-order valence-electron chi connectivity index (χ1n) is 5.38. The van der Waals surface area contributed by atoms with Crippen molar-refractivity contribution in [1.29, 1.82) is 0 Å². The van der Waals surface area contributed by atoms with Gasteiger partial charge in [-0.2, -0.15) is 0 Å². The van der Waals surface area contributed by atoms with Gasteiger partial charge in [0.2, 0.25) is 5.91 Å². The zero-order chi connectivity index (χ0) is 10.4. The Morgan fingerprint density at radius 3 is 3.07 bits per heavy atom. The van der Waals surface area contributed by atoms with Crippen molar-refractivity contribution in [1.82, 2.24) is 0 Å². The van der Waals surface area contributed by atoms with Crippen molar-refractivity contribution in [3.05, 3.63) is 23.3 Å². The maximum absolute atomic E-state index is 11.7. The highest BCUT2D eigenvalue weighted by Gasteiger charge is 2.28. The van der Waals surface area contributed by atoms with Crippen LogP contribution in [-0.2, 0) is 17.6 Å². The highest BCUT2D eigenvalue weighted by Crippen LogP contribution is 2.37. The van der Waals surface area contributed by atoms with Crippen molar-refractivity contribution in [3.63, 3.8) is 0 Å². The van der Waals surface area contributed by atoms with Crippen LogP contribution < -0.4 is 9.64 Å². The smallest absolute Gasteiger partial charge is 0.231 e. The Morgan fingerprint density at radius 2 is 2.27 bits per heavy atom. The lowest BCUT2D eigenvalue weighted by Gasteiger charge is -2.15. The molecule has 0 radical (unpaired) electrons. The first-order valence-corrected chi connectivity index (χ1v) is 5.38. The quantitative estimate of drug-likeness (QED) is 0.692. The predicted molar refractivity (Wildman–Crippen MR) is 57.4 cm³/mol. The second kappa shape index (κ2) is 2.99. The van der Waals surface area contributed by atoms with Crippen LogP contribution in [-0.4, -0.2) is 19.1 Å². The zero-order valence-corrected chi connectivity index (χ0v) is 8.75. The minimum atomic E-state index is 0.205. The number of anilines is 1. The number of benzene rings is 1. The summed E-state index contributed by atoms with van der Waals surface area (Å²) in [6.45, 7) is 3.54. The minimum absolute atomic E-state index is 0.205. The van der Waals surface area contributed by atoms with Gasteiger partial charge in [-0.25, -0.2) is 0 Å². The summed E-state index contributed by atoms with van der Waals surface area (Å²) in [5, 5.41) is 0. The van der Waals surface area contributed by atoms with Gasteiger partial charge in [0.25, 0.3) is 0 Å². The summed E-state index contributed by atoms with van der Waals surface area (Å²) in [5.41, 5.74) is 3.44. The van der Waals surface area contributed by atoms with E-state index in [-0.39, 0.29) is 5.91 Å². The molecule has 0 saturated heterocycles. The molecule has 3 rings (SSSR count). The number of carbonyl (C=O) groups is 1. The monoisotopic (exact) mass is 203 g/mol. The molecule has 0 spiro atoms. The first-order chi connectivity index (χ1) is 7.29. The van der Waals surface area contributed by atoms with Gasteiger partial charge >= 0.3 is 0 Å². The van der Waals surface area contributed by atoms with Crippen molar-refractivity contribution < 1.29 is 9.53 Å². The Morgan fingerprint density at radius 1 is 1.40 bits per heavy atom. The number of amides is 1. The van der Waals surface area contributed by atoms with E-state index in [2.05, 4.69) is 6.07 Å². The molecule has 0 aromatic heterocycles. The molecular formula is C12H13NO2. The molecule has 2 aliphatic rings. The third-order valence-electron chi connectivity index (χ3n) is 3.14. The van der Waals surface area contributed by atoms with Crippen LogP contribution in [0.1, 0.15) is 18.1 Å². The van der Waals surface area contributed by atoms with Crippen LogP contribution in [0.4, 0.5) is 5.69 Å². The molecule has 3 heteroatoms. The van der Waals surface area contributed by atoms with Crippen LogP contribution in [0.5, 0.6) is 5.75 Å². The molecule has 0 atom stereocenters. The second-order valence-electron chi connectivity index (χ2n) is 4.00. The molecule has 0 fully saturated rings. The van der Waals surface area contributed by atoms with Crippen molar-refractivity contribution in [2.24, 2.45) is 0 Å². The minimum Gasteiger partial charge on any atom is -0.493 e. The SMILES string of the molecule is CCN1C(=O)Cc2cc3c(cc21)CCO3. The maximum atomic E-state index is 11.7. The van der Waals surface area contributed by atoms with E-state index >= 15 is 0 Å². The number of rotatable bonds is 1. The maximum Gasteiger partial charge on any atom is 0.231 e. The highest BCUT2D eigenvalue weighted by molar-refractivity contribution is 6.01. The molecule has 0 bridgehead atoms. The van der Waals surface area contributed by atoms with Gasteiger partial charge in [-0.3, -0.25) is 4.79 Å².